The first-order valence-electron chi connectivity index (χ1n) is 8.31. The molecule has 1 saturated heterocycles. The van der Waals surface area contributed by atoms with Gasteiger partial charge < -0.3 is 10.2 Å². The fourth-order valence-corrected chi connectivity index (χ4v) is 3.07. The molecule has 0 bridgehead atoms. The van der Waals surface area contributed by atoms with E-state index >= 15 is 0 Å². The quantitative estimate of drug-likeness (QED) is 0.930. The third-order valence-corrected chi connectivity index (χ3v) is 4.35. The Labute approximate surface area is 145 Å². The van der Waals surface area contributed by atoms with Crippen molar-refractivity contribution in [2.75, 3.05) is 6.54 Å². The summed E-state index contributed by atoms with van der Waals surface area (Å²) < 4.78 is 13.9. The highest BCUT2D eigenvalue weighted by Gasteiger charge is 2.32. The number of carbonyl (C=O) groups is 2. The zero-order valence-corrected chi connectivity index (χ0v) is 14.0. The molecule has 1 aromatic carbocycles. The van der Waals surface area contributed by atoms with Crippen LogP contribution in [0.3, 0.4) is 0 Å². The van der Waals surface area contributed by atoms with E-state index < -0.39 is 5.82 Å². The van der Waals surface area contributed by atoms with Gasteiger partial charge >= 0.3 is 0 Å². The van der Waals surface area contributed by atoms with Gasteiger partial charge in [-0.3, -0.25) is 14.6 Å². The molecule has 1 fully saturated rings. The fourth-order valence-electron chi connectivity index (χ4n) is 3.07. The van der Waals surface area contributed by atoms with E-state index in [0.29, 0.717) is 13.1 Å². The highest BCUT2D eigenvalue weighted by molar-refractivity contribution is 5.94. The van der Waals surface area contributed by atoms with Crippen molar-refractivity contribution >= 4 is 11.8 Å². The molecule has 2 aromatic rings. The van der Waals surface area contributed by atoms with Crippen molar-refractivity contribution in [3.63, 3.8) is 0 Å². The highest BCUT2D eigenvalue weighted by Crippen LogP contribution is 2.32. The number of nitrogens with one attached hydrogen (secondary N) is 1. The number of amides is 2. The molecule has 0 aliphatic carbocycles. The van der Waals surface area contributed by atoms with Gasteiger partial charge in [-0.15, -0.1) is 0 Å². The Kier molecular flexibility index (Phi) is 5.07. The van der Waals surface area contributed by atoms with E-state index in [9.17, 15) is 14.0 Å². The minimum atomic E-state index is -0.503. The first-order valence-corrected chi connectivity index (χ1v) is 8.31. The van der Waals surface area contributed by atoms with Crippen molar-refractivity contribution < 1.29 is 14.0 Å². The van der Waals surface area contributed by atoms with Gasteiger partial charge in [-0.1, -0.05) is 18.2 Å². The third kappa shape index (κ3) is 3.84. The van der Waals surface area contributed by atoms with Crippen LogP contribution in [0, 0.1) is 5.82 Å². The predicted octanol–water partition coefficient (Wildman–Crippen LogP) is 2.83. The van der Waals surface area contributed by atoms with Crippen LogP contribution in [0.15, 0.2) is 42.6 Å². The number of hydrogen-bond acceptors (Lipinski definition) is 3. The van der Waals surface area contributed by atoms with Crippen LogP contribution in [-0.2, 0) is 11.3 Å². The smallest absolute Gasteiger partial charge is 0.257 e. The summed E-state index contributed by atoms with van der Waals surface area (Å²) in [7, 11) is 0. The SMILES string of the molecule is CC(=O)NCc1ccc([C@@H]2CCCN2C(=O)c2ccccc2F)nc1. The second-order valence-corrected chi connectivity index (χ2v) is 6.14. The molecule has 6 heteroatoms. The molecular formula is C19H20FN3O2. The number of rotatable bonds is 4. The average Bonchev–Trinajstić information content (AvgIpc) is 3.10. The Hall–Kier alpha value is -2.76. The standard InChI is InChI=1S/C19H20FN3O2/c1-13(24)21-11-14-8-9-17(22-12-14)18-7-4-10-23(18)19(25)15-5-2-3-6-16(15)20/h2-3,5-6,8-9,12,18H,4,7,10-11H2,1H3,(H,21,24)/t18-/m0/s1. The van der Waals surface area contributed by atoms with Crippen LogP contribution in [0.1, 0.15) is 47.4 Å². The maximum absolute atomic E-state index is 13.9. The van der Waals surface area contributed by atoms with Crippen molar-refractivity contribution in [2.45, 2.75) is 32.4 Å². The minimum Gasteiger partial charge on any atom is -0.352 e. The first-order chi connectivity index (χ1) is 12.1. The number of halogens is 1. The van der Waals surface area contributed by atoms with E-state index in [-0.39, 0.29) is 23.4 Å². The lowest BCUT2D eigenvalue weighted by Crippen LogP contribution is -2.31. The Morgan fingerprint density at radius 2 is 2.08 bits per heavy atom. The molecule has 0 unspecified atom stereocenters. The first kappa shape index (κ1) is 17.1. The van der Waals surface area contributed by atoms with Crippen LogP contribution in [0.25, 0.3) is 0 Å². The lowest BCUT2D eigenvalue weighted by atomic mass is 10.1. The van der Waals surface area contributed by atoms with Gasteiger partial charge in [0.25, 0.3) is 5.91 Å². The van der Waals surface area contributed by atoms with Gasteiger partial charge in [0.05, 0.1) is 17.3 Å². The normalized spacial score (nSPS) is 16.7. The molecule has 25 heavy (non-hydrogen) atoms. The van der Waals surface area contributed by atoms with Gasteiger partial charge in [-0.25, -0.2) is 4.39 Å². The van der Waals surface area contributed by atoms with E-state index in [2.05, 4.69) is 10.3 Å². The Balaban J connectivity index is 1.76. The maximum Gasteiger partial charge on any atom is 0.257 e. The summed E-state index contributed by atoms with van der Waals surface area (Å²) in [5.74, 6) is -0.900. The van der Waals surface area contributed by atoms with Crippen LogP contribution in [-0.4, -0.2) is 28.2 Å². The minimum absolute atomic E-state index is 0.0941. The zero-order chi connectivity index (χ0) is 17.8. The molecule has 5 nitrogen and oxygen atoms in total. The van der Waals surface area contributed by atoms with Crippen LogP contribution < -0.4 is 5.32 Å². The number of carbonyl (C=O) groups excluding carboxylic acids is 2. The van der Waals surface area contributed by atoms with Crippen molar-refractivity contribution in [2.24, 2.45) is 0 Å². The summed E-state index contributed by atoms with van der Waals surface area (Å²) in [5.41, 5.74) is 1.77. The second kappa shape index (κ2) is 7.42. The number of nitrogens with zero attached hydrogens (tertiary/aromatic N) is 2. The van der Waals surface area contributed by atoms with Gasteiger partial charge in [-0.2, -0.15) is 0 Å². The highest BCUT2D eigenvalue weighted by atomic mass is 19.1. The van der Waals surface area contributed by atoms with Crippen LogP contribution in [0.2, 0.25) is 0 Å². The summed E-state index contributed by atoms with van der Waals surface area (Å²) >= 11 is 0. The summed E-state index contributed by atoms with van der Waals surface area (Å²) in [4.78, 5) is 29.8. The molecule has 1 N–H and O–H groups in total. The Morgan fingerprint density at radius 3 is 2.76 bits per heavy atom. The lowest BCUT2D eigenvalue weighted by molar-refractivity contribution is -0.119. The van der Waals surface area contributed by atoms with E-state index in [1.165, 1.54) is 19.1 Å². The Morgan fingerprint density at radius 1 is 1.28 bits per heavy atom. The number of likely N-dealkylation sites (tertiary alicyclic amines) is 1. The van der Waals surface area contributed by atoms with Crippen LogP contribution in [0.4, 0.5) is 4.39 Å². The molecule has 0 saturated carbocycles. The molecule has 2 amide bonds. The number of hydrogen-bond donors (Lipinski definition) is 1. The molecule has 1 aromatic heterocycles. The average molecular weight is 341 g/mol. The number of aromatic nitrogens is 1. The topological polar surface area (TPSA) is 62.3 Å². The maximum atomic E-state index is 13.9. The number of pyridine rings is 1. The fraction of sp³-hybridized carbons (Fsp3) is 0.316. The lowest BCUT2D eigenvalue weighted by Gasteiger charge is -2.24. The van der Waals surface area contributed by atoms with Gasteiger partial charge in [-0.05, 0) is 36.6 Å². The molecule has 3 rings (SSSR count). The van der Waals surface area contributed by atoms with Crippen molar-refractivity contribution in [3.05, 3.63) is 65.2 Å². The van der Waals surface area contributed by atoms with Gasteiger partial charge in [0.2, 0.25) is 5.91 Å². The molecule has 0 spiro atoms. The Bertz CT molecular complexity index is 776. The molecule has 130 valence electrons. The van der Waals surface area contributed by atoms with E-state index in [4.69, 9.17) is 0 Å². The van der Waals surface area contributed by atoms with Crippen LogP contribution in [0.5, 0.6) is 0 Å². The summed E-state index contributed by atoms with van der Waals surface area (Å²) in [6.45, 7) is 2.48. The molecular weight excluding hydrogens is 321 g/mol. The molecule has 1 atom stereocenters. The third-order valence-electron chi connectivity index (χ3n) is 4.35. The second-order valence-electron chi connectivity index (χ2n) is 6.14. The van der Waals surface area contributed by atoms with Crippen molar-refractivity contribution in [1.82, 2.24) is 15.2 Å². The van der Waals surface area contributed by atoms with Crippen molar-refractivity contribution in [3.8, 4) is 0 Å². The van der Waals surface area contributed by atoms with Gasteiger partial charge in [0.1, 0.15) is 5.82 Å². The monoisotopic (exact) mass is 341 g/mol. The number of benzene rings is 1. The van der Waals surface area contributed by atoms with Gasteiger partial charge in [0.15, 0.2) is 0 Å². The van der Waals surface area contributed by atoms with Crippen molar-refractivity contribution in [1.29, 1.82) is 0 Å². The summed E-state index contributed by atoms with van der Waals surface area (Å²) in [5, 5.41) is 2.72. The summed E-state index contributed by atoms with van der Waals surface area (Å²) in [6, 6.07) is 9.66. The molecule has 1 aliphatic rings. The molecule has 1 aliphatic heterocycles. The largest absolute Gasteiger partial charge is 0.352 e. The van der Waals surface area contributed by atoms with E-state index in [1.807, 2.05) is 12.1 Å². The van der Waals surface area contributed by atoms with E-state index in [0.717, 1.165) is 24.1 Å². The molecule has 2 heterocycles. The molecule has 0 radical (unpaired) electrons. The summed E-state index contributed by atoms with van der Waals surface area (Å²) in [6.07, 6.45) is 3.37. The zero-order valence-electron chi connectivity index (χ0n) is 14.0. The van der Waals surface area contributed by atoms with E-state index in [1.54, 1.807) is 23.2 Å². The predicted molar refractivity (Wildman–Crippen MR) is 91.2 cm³/mol. The van der Waals surface area contributed by atoms with Gasteiger partial charge in [0, 0.05) is 26.2 Å². The van der Waals surface area contributed by atoms with Crippen LogP contribution >= 0.6 is 0 Å².